The summed E-state index contributed by atoms with van der Waals surface area (Å²) >= 11 is 0. The van der Waals surface area contributed by atoms with Gasteiger partial charge >= 0.3 is 0 Å². The number of hydrazone groups is 1. The van der Waals surface area contributed by atoms with Crippen LogP contribution in [0.25, 0.3) is 0 Å². The molecule has 0 saturated carbocycles. The molecular weight excluding hydrogens is 304 g/mol. The fourth-order valence-electron chi connectivity index (χ4n) is 1.43. The number of hydrogen-bond acceptors (Lipinski definition) is 6. The number of rotatable bonds is 2. The van der Waals surface area contributed by atoms with Crippen LogP contribution in [-0.4, -0.2) is 14.4 Å². The maximum Gasteiger partial charge on any atom is 0.208 e. The van der Waals surface area contributed by atoms with E-state index in [2.05, 4.69) is 10.9 Å². The predicted octanol–water partition coefficient (Wildman–Crippen LogP) is -0.183. The van der Waals surface area contributed by atoms with Crippen LogP contribution < -0.4 is 28.8 Å². The van der Waals surface area contributed by atoms with Crippen LogP contribution in [0.5, 0.6) is 0 Å². The average molecular weight is 322 g/mol. The highest BCUT2D eigenvalue weighted by atomic mass is 32.2. The summed E-state index contributed by atoms with van der Waals surface area (Å²) in [5, 5.41) is 2.86. The van der Waals surface area contributed by atoms with E-state index in [0.717, 1.165) is 0 Å². The molecule has 2 rings (SSSR count). The summed E-state index contributed by atoms with van der Waals surface area (Å²) < 4.78 is 24.3. The van der Waals surface area contributed by atoms with E-state index in [1.165, 1.54) is 24.3 Å². The fraction of sp³-hybridized carbons (Fsp3) is 0. The van der Waals surface area contributed by atoms with Crippen LogP contribution in [0, 0.1) is 0 Å². The number of nitrogens with zero attached hydrogens (tertiary/aromatic N) is 1. The fourth-order valence-corrected chi connectivity index (χ4v) is 2.69. The minimum atomic E-state index is -3.48. The lowest BCUT2D eigenvalue weighted by molar-refractivity contribution is 0.596. The molecule has 0 spiro atoms. The standard InChI is InChI=1S/C12H12N2O2S.CH6N4/c13-9-1-5-11(6-2-9)17(15,16)12-7-3-10(14)4-8-12;2-1(3)5-4/h1-8H,13-14H2;4H2,(H4,2,3,5). The molecule has 0 heterocycles. The summed E-state index contributed by atoms with van der Waals surface area (Å²) in [5.41, 5.74) is 21.5. The number of hydrogen-bond donors (Lipinski definition) is 5. The number of guanidine groups is 1. The maximum absolute atomic E-state index is 12.2. The Morgan fingerprint density at radius 3 is 1.27 bits per heavy atom. The van der Waals surface area contributed by atoms with Gasteiger partial charge in [0.1, 0.15) is 0 Å². The summed E-state index contributed by atoms with van der Waals surface area (Å²) in [6.07, 6.45) is 0. The molecule has 0 aliphatic carbocycles. The molecule has 118 valence electrons. The number of anilines is 2. The second-order valence-electron chi connectivity index (χ2n) is 4.20. The van der Waals surface area contributed by atoms with E-state index in [1.807, 2.05) is 0 Å². The van der Waals surface area contributed by atoms with Crippen molar-refractivity contribution in [3.8, 4) is 0 Å². The quantitative estimate of drug-likeness (QED) is 0.167. The largest absolute Gasteiger partial charge is 0.399 e. The van der Waals surface area contributed by atoms with Crippen molar-refractivity contribution in [2.75, 3.05) is 11.5 Å². The van der Waals surface area contributed by atoms with E-state index in [0.29, 0.717) is 11.4 Å². The molecule has 0 radical (unpaired) electrons. The molecule has 0 fully saturated rings. The number of nitrogens with two attached hydrogens (primary N) is 5. The van der Waals surface area contributed by atoms with E-state index < -0.39 is 9.84 Å². The van der Waals surface area contributed by atoms with Crippen molar-refractivity contribution >= 4 is 27.2 Å². The molecule has 2 aromatic carbocycles. The zero-order chi connectivity index (χ0) is 16.8. The van der Waals surface area contributed by atoms with E-state index in [4.69, 9.17) is 22.9 Å². The first-order valence-electron chi connectivity index (χ1n) is 6.02. The van der Waals surface area contributed by atoms with E-state index >= 15 is 0 Å². The molecule has 0 aliphatic rings. The first-order valence-corrected chi connectivity index (χ1v) is 7.50. The summed E-state index contributed by atoms with van der Waals surface area (Å²) in [5.74, 6) is 4.42. The number of sulfone groups is 1. The minimum absolute atomic E-state index is 0.0926. The highest BCUT2D eigenvalue weighted by Gasteiger charge is 2.16. The van der Waals surface area contributed by atoms with Crippen molar-refractivity contribution < 1.29 is 8.42 Å². The first kappa shape index (κ1) is 17.1. The second kappa shape index (κ2) is 7.18. The molecule has 0 bridgehead atoms. The topological polar surface area (TPSA) is 177 Å². The van der Waals surface area contributed by atoms with Crippen LogP contribution >= 0.6 is 0 Å². The third-order valence-electron chi connectivity index (χ3n) is 2.53. The Balaban J connectivity index is 0.000000422. The third-order valence-corrected chi connectivity index (χ3v) is 4.32. The smallest absolute Gasteiger partial charge is 0.208 e. The lowest BCUT2D eigenvalue weighted by atomic mass is 10.3. The van der Waals surface area contributed by atoms with Gasteiger partial charge < -0.3 is 28.8 Å². The molecule has 22 heavy (non-hydrogen) atoms. The Labute approximate surface area is 128 Å². The molecule has 0 unspecified atom stereocenters. The monoisotopic (exact) mass is 322 g/mol. The highest BCUT2D eigenvalue weighted by Crippen LogP contribution is 2.22. The van der Waals surface area contributed by atoms with Crippen LogP contribution in [0.15, 0.2) is 63.4 Å². The van der Waals surface area contributed by atoms with E-state index in [-0.39, 0.29) is 15.8 Å². The molecule has 2 aromatic rings. The van der Waals surface area contributed by atoms with Gasteiger partial charge in [-0.3, -0.25) is 0 Å². The SMILES string of the molecule is NN=C(N)N.Nc1ccc(S(=O)(=O)c2ccc(N)cc2)cc1. The maximum atomic E-state index is 12.2. The Hall–Kier alpha value is -2.94. The third kappa shape index (κ3) is 4.56. The summed E-state index contributed by atoms with van der Waals surface area (Å²) in [6.45, 7) is 0. The highest BCUT2D eigenvalue weighted by molar-refractivity contribution is 7.91. The Bertz CT molecular complexity index is 684. The Morgan fingerprint density at radius 1 is 0.773 bits per heavy atom. The summed E-state index contributed by atoms with van der Waals surface area (Å²) in [6, 6.07) is 12.2. The van der Waals surface area contributed by atoms with Gasteiger partial charge in [-0.15, -0.1) is 5.10 Å². The van der Waals surface area contributed by atoms with Crippen molar-refractivity contribution in [1.29, 1.82) is 0 Å². The van der Waals surface area contributed by atoms with Gasteiger partial charge in [0.15, 0.2) is 0 Å². The van der Waals surface area contributed by atoms with Gasteiger partial charge in [0.05, 0.1) is 9.79 Å². The summed E-state index contributed by atoms with van der Waals surface area (Å²) in [7, 11) is -3.48. The van der Waals surface area contributed by atoms with Crippen molar-refractivity contribution in [2.24, 2.45) is 22.4 Å². The minimum Gasteiger partial charge on any atom is -0.399 e. The van der Waals surface area contributed by atoms with Gasteiger partial charge in [0.2, 0.25) is 15.8 Å². The van der Waals surface area contributed by atoms with Crippen molar-refractivity contribution in [1.82, 2.24) is 0 Å². The van der Waals surface area contributed by atoms with Gasteiger partial charge in [-0.1, -0.05) is 0 Å². The zero-order valence-electron chi connectivity index (χ0n) is 11.7. The predicted molar refractivity (Wildman–Crippen MR) is 87.2 cm³/mol. The van der Waals surface area contributed by atoms with Crippen molar-refractivity contribution in [3.05, 3.63) is 48.5 Å². The molecule has 0 aromatic heterocycles. The van der Waals surface area contributed by atoms with Crippen LogP contribution in [0.3, 0.4) is 0 Å². The lowest BCUT2D eigenvalue weighted by Gasteiger charge is -2.05. The Morgan fingerprint density at radius 2 is 1.05 bits per heavy atom. The molecule has 0 amide bonds. The van der Waals surface area contributed by atoms with Gasteiger partial charge in [-0.25, -0.2) is 8.42 Å². The van der Waals surface area contributed by atoms with Crippen molar-refractivity contribution in [2.45, 2.75) is 9.79 Å². The first-order chi connectivity index (χ1) is 10.3. The average Bonchev–Trinajstić information content (AvgIpc) is 2.48. The van der Waals surface area contributed by atoms with Gasteiger partial charge in [-0.2, -0.15) is 0 Å². The zero-order valence-corrected chi connectivity index (χ0v) is 12.5. The molecule has 8 nitrogen and oxygen atoms in total. The molecular formula is C13H18N6O2S. The van der Waals surface area contributed by atoms with Gasteiger partial charge in [0.25, 0.3) is 0 Å². The molecule has 0 aliphatic heterocycles. The lowest BCUT2D eigenvalue weighted by Crippen LogP contribution is -2.23. The molecule has 0 atom stereocenters. The Kier molecular flexibility index (Phi) is 5.58. The van der Waals surface area contributed by atoms with Gasteiger partial charge in [0, 0.05) is 11.4 Å². The van der Waals surface area contributed by atoms with Gasteiger partial charge in [-0.05, 0) is 48.5 Å². The van der Waals surface area contributed by atoms with E-state index in [1.54, 1.807) is 24.3 Å². The molecule has 9 heteroatoms. The normalized spacial score (nSPS) is 10.2. The van der Waals surface area contributed by atoms with Crippen molar-refractivity contribution in [3.63, 3.8) is 0 Å². The van der Waals surface area contributed by atoms with Crippen LogP contribution in [-0.2, 0) is 9.84 Å². The summed E-state index contributed by atoms with van der Waals surface area (Å²) in [4.78, 5) is 0.438. The molecule has 0 saturated heterocycles. The number of nitrogen functional groups attached to an aromatic ring is 2. The van der Waals surface area contributed by atoms with Crippen LogP contribution in [0.2, 0.25) is 0 Å². The second-order valence-corrected chi connectivity index (χ2v) is 6.15. The van der Waals surface area contributed by atoms with E-state index in [9.17, 15) is 8.42 Å². The number of benzene rings is 2. The van der Waals surface area contributed by atoms with Crippen LogP contribution in [0.1, 0.15) is 0 Å². The van der Waals surface area contributed by atoms with Crippen LogP contribution in [0.4, 0.5) is 11.4 Å². The molecule has 10 N–H and O–H groups in total.